The number of hydrogen-bond donors (Lipinski definition) is 0. The van der Waals surface area contributed by atoms with E-state index in [1.165, 1.54) is 0 Å². The highest BCUT2D eigenvalue weighted by Gasteiger charge is 2.87. The zero-order chi connectivity index (χ0) is 37.3. The Kier molecular flexibility index (Phi) is 10.5. The third-order valence-electron chi connectivity index (χ3n) is 3.92. The van der Waals surface area contributed by atoms with Gasteiger partial charge >= 0.3 is 79.0 Å². The molecule has 4 nitrogen and oxygen atoms in total. The maximum Gasteiger partial charge on any atom is 0.495 e. The molecule has 0 aliphatic carbocycles. The van der Waals surface area contributed by atoms with Crippen LogP contribution in [0.1, 0.15) is 0 Å². The summed E-state index contributed by atoms with van der Waals surface area (Å²) >= 11 is 0. The van der Waals surface area contributed by atoms with E-state index in [4.69, 9.17) is 0 Å². The van der Waals surface area contributed by atoms with Crippen LogP contribution in [0.4, 0.5) is 123 Å². The summed E-state index contributed by atoms with van der Waals surface area (Å²) in [5, 5.41) is 0. The predicted molar refractivity (Wildman–Crippen MR) is 70.9 cm³/mol. The van der Waals surface area contributed by atoms with Crippen molar-refractivity contribution in [1.29, 1.82) is 0 Å². The first-order valence-electron chi connectivity index (χ1n) is 8.92. The molecule has 0 heterocycles. The Morgan fingerprint density at radius 3 is 0.556 bits per heavy atom. The van der Waals surface area contributed by atoms with Crippen molar-refractivity contribution in [2.75, 3.05) is 0 Å². The monoisotopic (exact) mass is 752 g/mol. The average molecular weight is 752 g/mol. The van der Waals surface area contributed by atoms with Crippen molar-refractivity contribution in [1.82, 2.24) is 0 Å². The highest BCUT2D eigenvalue weighted by molar-refractivity contribution is 4.98. The predicted octanol–water partition coefficient (Wildman–Crippen LogP) is 8.83. The first kappa shape index (κ1) is 42.9. The summed E-state index contributed by atoms with van der Waals surface area (Å²) in [5.74, 6) is -33.3. The molecule has 0 N–H and O–H groups in total. The molecule has 0 fully saturated rings. The standard InChI is InChI=1S/C13F28O4/c14-1(15,5(22,23)24)3(18,19)7(28,29)42-9(32,33)11(36,37)44-13(40,41)45-12(38,39)10(34,35)43-8(30,31)4(20,21)2(16,17)6(25,26)27. The summed E-state index contributed by atoms with van der Waals surface area (Å²) < 4.78 is 361. The summed E-state index contributed by atoms with van der Waals surface area (Å²) in [7, 11) is 0. The highest BCUT2D eigenvalue weighted by Crippen LogP contribution is 2.58. The van der Waals surface area contributed by atoms with E-state index in [0.717, 1.165) is 18.9 Å². The zero-order valence-corrected chi connectivity index (χ0v) is 18.7. The van der Waals surface area contributed by atoms with Gasteiger partial charge in [0.15, 0.2) is 0 Å². The molecule has 0 atom stereocenters. The van der Waals surface area contributed by atoms with E-state index in [1.54, 1.807) is 0 Å². The summed E-state index contributed by atoms with van der Waals surface area (Å²) in [6.07, 6.45) is -73.0. The molecule has 0 aliphatic heterocycles. The van der Waals surface area contributed by atoms with Crippen LogP contribution in [0.15, 0.2) is 0 Å². The number of ether oxygens (including phenoxy) is 4. The molecule has 0 radical (unpaired) electrons. The topological polar surface area (TPSA) is 36.9 Å². The summed E-state index contributed by atoms with van der Waals surface area (Å²) in [4.78, 5) is 0. The Bertz CT molecular complexity index is 956. The Hall–Kier alpha value is -2.12. The first-order valence-corrected chi connectivity index (χ1v) is 8.92. The molecule has 0 spiro atoms. The fourth-order valence-corrected chi connectivity index (χ4v) is 1.73. The van der Waals surface area contributed by atoms with Crippen molar-refractivity contribution in [3.05, 3.63) is 0 Å². The molecule has 0 saturated carbocycles. The summed E-state index contributed by atoms with van der Waals surface area (Å²) in [5.41, 5.74) is 0. The molecule has 0 rings (SSSR count). The molecule has 32 heteroatoms. The van der Waals surface area contributed by atoms with Crippen LogP contribution in [0, 0.1) is 0 Å². The Labute approximate surface area is 222 Å². The van der Waals surface area contributed by atoms with Crippen LogP contribution in [0.5, 0.6) is 0 Å². The van der Waals surface area contributed by atoms with Crippen LogP contribution in [-0.2, 0) is 18.9 Å². The Balaban J connectivity index is 6.31. The van der Waals surface area contributed by atoms with Gasteiger partial charge in [-0.15, -0.1) is 8.78 Å². The van der Waals surface area contributed by atoms with Gasteiger partial charge in [0.2, 0.25) is 0 Å². The van der Waals surface area contributed by atoms with Crippen LogP contribution < -0.4 is 0 Å². The molecule has 0 aromatic heterocycles. The molecule has 0 aliphatic rings. The molecule has 0 bridgehead atoms. The van der Waals surface area contributed by atoms with Crippen LogP contribution in [0.2, 0.25) is 0 Å². The average Bonchev–Trinajstić information content (AvgIpc) is 2.67. The second-order valence-electron chi connectivity index (χ2n) is 7.27. The van der Waals surface area contributed by atoms with E-state index >= 15 is 0 Å². The van der Waals surface area contributed by atoms with E-state index in [1.807, 2.05) is 0 Å². The van der Waals surface area contributed by atoms with Crippen molar-refractivity contribution in [3.63, 3.8) is 0 Å². The van der Waals surface area contributed by atoms with E-state index in [2.05, 4.69) is 0 Å². The quantitative estimate of drug-likeness (QED) is 0.131. The van der Waals surface area contributed by atoms with Gasteiger partial charge in [-0.25, -0.2) is 18.9 Å². The van der Waals surface area contributed by atoms with Crippen LogP contribution in [0.3, 0.4) is 0 Å². The third-order valence-corrected chi connectivity index (χ3v) is 3.92. The van der Waals surface area contributed by atoms with E-state index in [9.17, 15) is 123 Å². The lowest BCUT2D eigenvalue weighted by Gasteiger charge is -2.37. The lowest BCUT2D eigenvalue weighted by atomic mass is 10.1. The van der Waals surface area contributed by atoms with Gasteiger partial charge in [0.25, 0.3) is 0 Å². The number of halogens is 28. The van der Waals surface area contributed by atoms with Crippen LogP contribution >= 0.6 is 0 Å². The highest BCUT2D eigenvalue weighted by atomic mass is 19.4. The number of alkyl halides is 28. The second-order valence-corrected chi connectivity index (χ2v) is 7.27. The van der Waals surface area contributed by atoms with Gasteiger partial charge in [0, 0.05) is 0 Å². The van der Waals surface area contributed by atoms with Crippen LogP contribution in [0.25, 0.3) is 0 Å². The first-order chi connectivity index (χ1) is 18.8. The molecule has 45 heavy (non-hydrogen) atoms. The normalized spacial score (nSPS) is 16.8. The molecule has 0 unspecified atom stereocenters. The van der Waals surface area contributed by atoms with Crippen molar-refractivity contribution in [3.8, 4) is 0 Å². The molecule has 0 saturated heterocycles. The fraction of sp³-hybridized carbons (Fsp3) is 1.00. The smallest absolute Gasteiger partial charge is 0.243 e. The largest absolute Gasteiger partial charge is 0.495 e. The fourth-order valence-electron chi connectivity index (χ4n) is 1.73. The van der Waals surface area contributed by atoms with Gasteiger partial charge in [-0.05, 0) is 0 Å². The Morgan fingerprint density at radius 2 is 0.378 bits per heavy atom. The van der Waals surface area contributed by atoms with Gasteiger partial charge in [-0.1, -0.05) is 0 Å². The molecule has 272 valence electrons. The zero-order valence-electron chi connectivity index (χ0n) is 18.7. The van der Waals surface area contributed by atoms with Gasteiger partial charge in [-0.2, -0.15) is 114 Å². The SMILES string of the molecule is FC(F)(OC(F)(F)C(F)(F)OC(F)(F)C(F)(F)C(F)(F)C(F)(F)F)OC(F)(F)C(F)(F)OC(F)(F)C(F)(F)C(F)(F)C(F)(F)F. The maximum absolute atomic E-state index is 13.2. The van der Waals surface area contributed by atoms with E-state index < -0.39 is 79.0 Å². The van der Waals surface area contributed by atoms with E-state index in [-0.39, 0.29) is 0 Å². The van der Waals surface area contributed by atoms with Gasteiger partial charge in [0.05, 0.1) is 0 Å². The van der Waals surface area contributed by atoms with Crippen molar-refractivity contribution >= 4 is 0 Å². The van der Waals surface area contributed by atoms with E-state index in [0.29, 0.717) is 0 Å². The molecular formula is C13F28O4. The third kappa shape index (κ3) is 7.56. The number of hydrogen-bond acceptors (Lipinski definition) is 4. The molecule has 0 aromatic carbocycles. The van der Waals surface area contributed by atoms with Crippen molar-refractivity contribution in [2.24, 2.45) is 0 Å². The molecular weight excluding hydrogens is 752 g/mol. The van der Waals surface area contributed by atoms with Gasteiger partial charge < -0.3 is 0 Å². The van der Waals surface area contributed by atoms with Crippen molar-refractivity contribution in [2.45, 2.75) is 79.0 Å². The summed E-state index contributed by atoms with van der Waals surface area (Å²) in [6, 6.07) is 0. The lowest BCUT2D eigenvalue weighted by Crippen LogP contribution is -2.65. The molecule has 0 amide bonds. The lowest BCUT2D eigenvalue weighted by molar-refractivity contribution is -0.600. The van der Waals surface area contributed by atoms with Crippen molar-refractivity contribution < 1.29 is 142 Å². The second kappa shape index (κ2) is 11.0. The number of rotatable bonds is 14. The minimum absolute atomic E-state index is 0.976. The minimum atomic E-state index is -8.42. The Morgan fingerprint density at radius 1 is 0.200 bits per heavy atom. The van der Waals surface area contributed by atoms with Gasteiger partial charge in [0.1, 0.15) is 0 Å². The maximum atomic E-state index is 13.2. The van der Waals surface area contributed by atoms with Crippen LogP contribution in [-0.4, -0.2) is 79.0 Å². The van der Waals surface area contributed by atoms with Gasteiger partial charge in [-0.3, -0.25) is 0 Å². The summed E-state index contributed by atoms with van der Waals surface area (Å²) in [6.45, 7) is 0. The molecule has 0 aromatic rings. The minimum Gasteiger partial charge on any atom is -0.243 e.